The van der Waals surface area contributed by atoms with E-state index in [1.165, 1.54) is 0 Å². The molecular formula is C9H16BrN. The molecule has 0 rings (SSSR count). The average molecular weight is 218 g/mol. The predicted molar refractivity (Wildman–Crippen MR) is 56.5 cm³/mol. The quantitative estimate of drug-likeness (QED) is 0.706. The SMILES string of the molecule is C=C(Br)/C=C(/N)C(=C)C.CC. The van der Waals surface area contributed by atoms with E-state index in [2.05, 4.69) is 29.1 Å². The van der Waals surface area contributed by atoms with Crippen LogP contribution in [0.2, 0.25) is 0 Å². The monoisotopic (exact) mass is 217 g/mol. The molecule has 64 valence electrons. The molecule has 0 aliphatic carbocycles. The maximum Gasteiger partial charge on any atom is 0.0348 e. The van der Waals surface area contributed by atoms with Crippen molar-refractivity contribution in [3.63, 3.8) is 0 Å². The van der Waals surface area contributed by atoms with E-state index in [1.54, 1.807) is 6.08 Å². The van der Waals surface area contributed by atoms with Gasteiger partial charge in [0, 0.05) is 10.2 Å². The van der Waals surface area contributed by atoms with Gasteiger partial charge in [-0.25, -0.2) is 0 Å². The van der Waals surface area contributed by atoms with Crippen molar-refractivity contribution < 1.29 is 0 Å². The Kier molecular flexibility index (Phi) is 9.07. The molecule has 0 bridgehead atoms. The Hall–Kier alpha value is -0.500. The molecule has 0 radical (unpaired) electrons. The van der Waals surface area contributed by atoms with Crippen molar-refractivity contribution in [2.24, 2.45) is 5.73 Å². The zero-order valence-corrected chi connectivity index (χ0v) is 9.03. The van der Waals surface area contributed by atoms with Crippen molar-refractivity contribution >= 4 is 15.9 Å². The van der Waals surface area contributed by atoms with Crippen LogP contribution < -0.4 is 5.73 Å². The summed E-state index contributed by atoms with van der Waals surface area (Å²) in [6.07, 6.45) is 1.72. The second-order valence-corrected chi connectivity index (χ2v) is 2.85. The first-order valence-electron chi connectivity index (χ1n) is 3.51. The van der Waals surface area contributed by atoms with Crippen LogP contribution in [0.3, 0.4) is 0 Å². The fourth-order valence-corrected chi connectivity index (χ4v) is 0.539. The smallest absolute Gasteiger partial charge is 0.0348 e. The van der Waals surface area contributed by atoms with Gasteiger partial charge < -0.3 is 5.73 Å². The van der Waals surface area contributed by atoms with Gasteiger partial charge in [-0.2, -0.15) is 0 Å². The van der Waals surface area contributed by atoms with Gasteiger partial charge in [0.15, 0.2) is 0 Å². The molecule has 0 aromatic heterocycles. The Morgan fingerprint density at radius 3 is 1.82 bits per heavy atom. The summed E-state index contributed by atoms with van der Waals surface area (Å²) < 4.78 is 0.767. The van der Waals surface area contributed by atoms with Crippen molar-refractivity contribution in [3.8, 4) is 0 Å². The molecule has 2 N–H and O–H groups in total. The number of rotatable bonds is 2. The van der Waals surface area contributed by atoms with Crippen LogP contribution in [0.4, 0.5) is 0 Å². The summed E-state index contributed by atoms with van der Waals surface area (Å²) in [4.78, 5) is 0. The van der Waals surface area contributed by atoms with Crippen molar-refractivity contribution in [3.05, 3.63) is 35.0 Å². The molecule has 11 heavy (non-hydrogen) atoms. The van der Waals surface area contributed by atoms with Gasteiger partial charge in [-0.1, -0.05) is 42.9 Å². The lowest BCUT2D eigenvalue weighted by Crippen LogP contribution is -1.96. The fraction of sp³-hybridized carbons (Fsp3) is 0.333. The normalized spacial score (nSPS) is 9.64. The molecule has 1 nitrogen and oxygen atoms in total. The zero-order valence-electron chi connectivity index (χ0n) is 7.45. The number of halogens is 1. The molecule has 0 aromatic carbocycles. The summed E-state index contributed by atoms with van der Waals surface area (Å²) in [7, 11) is 0. The van der Waals surface area contributed by atoms with E-state index in [0.29, 0.717) is 5.70 Å². The molecule has 0 saturated heterocycles. The lowest BCUT2D eigenvalue weighted by molar-refractivity contribution is 1.30. The molecule has 2 heteroatoms. The lowest BCUT2D eigenvalue weighted by atomic mass is 10.2. The molecule has 0 fully saturated rings. The molecule has 0 amide bonds. The van der Waals surface area contributed by atoms with Gasteiger partial charge in [-0.3, -0.25) is 0 Å². The molecule has 0 atom stereocenters. The third-order valence-electron chi connectivity index (χ3n) is 0.805. The maximum atomic E-state index is 5.49. The van der Waals surface area contributed by atoms with E-state index in [4.69, 9.17) is 5.73 Å². The fourth-order valence-electron chi connectivity index (χ4n) is 0.292. The minimum Gasteiger partial charge on any atom is -0.398 e. The first kappa shape index (κ1) is 13.1. The van der Waals surface area contributed by atoms with Crippen molar-refractivity contribution in [1.29, 1.82) is 0 Å². The van der Waals surface area contributed by atoms with Crippen molar-refractivity contribution in [2.75, 3.05) is 0 Å². The summed E-state index contributed by atoms with van der Waals surface area (Å²) in [5.74, 6) is 0. The van der Waals surface area contributed by atoms with Gasteiger partial charge in [0.2, 0.25) is 0 Å². The lowest BCUT2D eigenvalue weighted by Gasteiger charge is -1.95. The highest BCUT2D eigenvalue weighted by Gasteiger charge is 1.88. The highest BCUT2D eigenvalue weighted by Crippen LogP contribution is 2.07. The highest BCUT2D eigenvalue weighted by atomic mass is 79.9. The molecule has 0 aromatic rings. The Morgan fingerprint density at radius 2 is 1.73 bits per heavy atom. The van der Waals surface area contributed by atoms with Gasteiger partial charge >= 0.3 is 0 Å². The van der Waals surface area contributed by atoms with E-state index in [9.17, 15) is 0 Å². The van der Waals surface area contributed by atoms with Gasteiger partial charge in [-0.15, -0.1) is 0 Å². The molecule has 0 aliphatic heterocycles. The van der Waals surface area contributed by atoms with E-state index < -0.39 is 0 Å². The van der Waals surface area contributed by atoms with Crippen LogP contribution in [0.25, 0.3) is 0 Å². The third kappa shape index (κ3) is 9.50. The van der Waals surface area contributed by atoms with Crippen molar-refractivity contribution in [2.45, 2.75) is 20.8 Å². The van der Waals surface area contributed by atoms with Gasteiger partial charge in [0.05, 0.1) is 0 Å². The summed E-state index contributed by atoms with van der Waals surface area (Å²) in [6.45, 7) is 13.1. The largest absolute Gasteiger partial charge is 0.398 e. The topological polar surface area (TPSA) is 26.0 Å². The van der Waals surface area contributed by atoms with E-state index in [0.717, 1.165) is 10.1 Å². The molecule has 0 saturated carbocycles. The number of hydrogen-bond donors (Lipinski definition) is 1. The number of hydrogen-bond acceptors (Lipinski definition) is 1. The molecule has 0 spiro atoms. The van der Waals surface area contributed by atoms with E-state index in [1.807, 2.05) is 20.8 Å². The standard InChI is InChI=1S/C7H10BrN.C2H6/c1-5(2)7(9)4-6(3)8;1-2/h4H,1,3,9H2,2H3;1-2H3/b7-4+;. The van der Waals surface area contributed by atoms with Crippen LogP contribution >= 0.6 is 15.9 Å². The summed E-state index contributed by atoms with van der Waals surface area (Å²) in [6, 6.07) is 0. The van der Waals surface area contributed by atoms with Gasteiger partial charge in [0.1, 0.15) is 0 Å². The summed E-state index contributed by atoms with van der Waals surface area (Å²) >= 11 is 3.15. The van der Waals surface area contributed by atoms with Crippen LogP contribution in [0.15, 0.2) is 35.0 Å². The highest BCUT2D eigenvalue weighted by molar-refractivity contribution is 9.11. The van der Waals surface area contributed by atoms with Crippen molar-refractivity contribution in [1.82, 2.24) is 0 Å². The minimum atomic E-state index is 0.664. The first-order chi connectivity index (χ1) is 5.04. The molecule has 0 heterocycles. The Bertz CT molecular complexity index is 168. The Morgan fingerprint density at radius 1 is 1.36 bits per heavy atom. The molecule has 0 unspecified atom stereocenters. The average Bonchev–Trinajstić information content (AvgIpc) is 1.90. The Balaban J connectivity index is 0. The second-order valence-electron chi connectivity index (χ2n) is 1.83. The Labute approximate surface area is 77.8 Å². The maximum absolute atomic E-state index is 5.49. The second kappa shape index (κ2) is 7.61. The van der Waals surface area contributed by atoms with Gasteiger partial charge in [0.25, 0.3) is 0 Å². The van der Waals surface area contributed by atoms with Gasteiger partial charge in [-0.05, 0) is 18.6 Å². The van der Waals surface area contributed by atoms with Crippen LogP contribution in [0.5, 0.6) is 0 Å². The summed E-state index contributed by atoms with van der Waals surface area (Å²) in [5.41, 5.74) is 7.01. The van der Waals surface area contributed by atoms with Crippen LogP contribution in [-0.4, -0.2) is 0 Å². The van der Waals surface area contributed by atoms with E-state index in [-0.39, 0.29) is 0 Å². The minimum absolute atomic E-state index is 0.664. The van der Waals surface area contributed by atoms with Crippen LogP contribution in [0, 0.1) is 0 Å². The predicted octanol–water partition coefficient (Wildman–Crippen LogP) is 3.34. The first-order valence-corrected chi connectivity index (χ1v) is 4.31. The third-order valence-corrected chi connectivity index (χ3v) is 1.03. The number of allylic oxidation sites excluding steroid dienone is 3. The van der Waals surface area contributed by atoms with Crippen LogP contribution in [0.1, 0.15) is 20.8 Å². The zero-order chi connectivity index (χ0) is 9.44. The summed E-state index contributed by atoms with van der Waals surface area (Å²) in [5, 5.41) is 0. The van der Waals surface area contributed by atoms with Crippen LogP contribution in [-0.2, 0) is 0 Å². The van der Waals surface area contributed by atoms with E-state index >= 15 is 0 Å². The molecule has 0 aliphatic rings. The number of nitrogens with two attached hydrogens (primary N) is 1. The molecular weight excluding hydrogens is 202 g/mol.